The van der Waals surface area contributed by atoms with Crippen LogP contribution in [0.25, 0.3) is 0 Å². The van der Waals surface area contributed by atoms with Gasteiger partial charge in [0, 0.05) is 20.1 Å². The van der Waals surface area contributed by atoms with Crippen LogP contribution in [0.2, 0.25) is 0 Å². The molecule has 0 radical (unpaired) electrons. The fourth-order valence-corrected chi connectivity index (χ4v) is 2.77. The molecule has 1 aromatic carbocycles. The van der Waals surface area contributed by atoms with Gasteiger partial charge in [0.05, 0.1) is 0 Å². The van der Waals surface area contributed by atoms with Crippen molar-refractivity contribution in [3.05, 3.63) is 35.1 Å². The van der Waals surface area contributed by atoms with Gasteiger partial charge in [0.25, 0.3) is 0 Å². The van der Waals surface area contributed by atoms with Crippen molar-refractivity contribution < 1.29 is 9.18 Å². The Morgan fingerprint density at radius 2 is 2.09 bits per heavy atom. The Morgan fingerprint density at radius 1 is 1.41 bits per heavy atom. The van der Waals surface area contributed by atoms with Gasteiger partial charge in [-0.3, -0.25) is 0 Å². The summed E-state index contributed by atoms with van der Waals surface area (Å²) in [7, 11) is 3.96. The first kappa shape index (κ1) is 16.7. The average Bonchev–Trinajstić information content (AvgIpc) is 2.50. The summed E-state index contributed by atoms with van der Waals surface area (Å²) in [5.41, 5.74) is 1.40. The van der Waals surface area contributed by atoms with E-state index in [9.17, 15) is 9.18 Å². The lowest BCUT2D eigenvalue weighted by Gasteiger charge is -2.31. The number of nitrogens with zero attached hydrogens (tertiary/aromatic N) is 2. The maximum Gasteiger partial charge on any atom is 0.317 e. The smallest absolute Gasteiger partial charge is 0.317 e. The van der Waals surface area contributed by atoms with Crippen LogP contribution in [-0.4, -0.2) is 49.6 Å². The summed E-state index contributed by atoms with van der Waals surface area (Å²) in [6.45, 7) is 5.06. The van der Waals surface area contributed by atoms with Crippen LogP contribution in [0, 0.1) is 18.7 Å². The van der Waals surface area contributed by atoms with E-state index in [-0.39, 0.29) is 11.8 Å². The first-order valence-electron chi connectivity index (χ1n) is 7.88. The highest BCUT2D eigenvalue weighted by molar-refractivity contribution is 5.73. The second kappa shape index (κ2) is 7.58. The van der Waals surface area contributed by atoms with Crippen molar-refractivity contribution in [1.82, 2.24) is 15.1 Å². The average molecular weight is 307 g/mol. The lowest BCUT2D eigenvalue weighted by Crippen LogP contribution is -2.42. The number of aryl methyl sites for hydroxylation is 1. The van der Waals surface area contributed by atoms with Gasteiger partial charge in [-0.1, -0.05) is 12.1 Å². The summed E-state index contributed by atoms with van der Waals surface area (Å²) in [6.07, 6.45) is 2.27. The van der Waals surface area contributed by atoms with Crippen LogP contribution in [-0.2, 0) is 6.54 Å². The van der Waals surface area contributed by atoms with Crippen LogP contribution in [0.4, 0.5) is 9.18 Å². The van der Waals surface area contributed by atoms with Crippen LogP contribution in [0.5, 0.6) is 0 Å². The third kappa shape index (κ3) is 4.70. The fraction of sp³-hybridized carbons (Fsp3) is 0.588. The van der Waals surface area contributed by atoms with Crippen molar-refractivity contribution >= 4 is 6.03 Å². The quantitative estimate of drug-likeness (QED) is 0.928. The molecule has 122 valence electrons. The molecule has 22 heavy (non-hydrogen) atoms. The number of halogens is 1. The van der Waals surface area contributed by atoms with Crippen LogP contribution in [0.1, 0.15) is 24.0 Å². The van der Waals surface area contributed by atoms with Crippen molar-refractivity contribution in [1.29, 1.82) is 0 Å². The van der Waals surface area contributed by atoms with Crippen molar-refractivity contribution in [2.24, 2.45) is 5.92 Å². The predicted octanol–water partition coefficient (Wildman–Crippen LogP) is 2.62. The Hall–Kier alpha value is -1.62. The minimum absolute atomic E-state index is 0.0973. The molecule has 1 fully saturated rings. The normalized spacial score (nSPS) is 16.5. The predicted molar refractivity (Wildman–Crippen MR) is 86.2 cm³/mol. The van der Waals surface area contributed by atoms with E-state index >= 15 is 0 Å². The molecular weight excluding hydrogens is 281 g/mol. The highest BCUT2D eigenvalue weighted by Gasteiger charge is 2.20. The minimum atomic E-state index is -0.230. The van der Waals surface area contributed by atoms with Crippen molar-refractivity contribution in [3.63, 3.8) is 0 Å². The molecule has 5 heteroatoms. The maximum atomic E-state index is 13.5. The molecule has 4 nitrogen and oxygen atoms in total. The molecule has 1 aliphatic rings. The number of rotatable bonds is 4. The van der Waals surface area contributed by atoms with Gasteiger partial charge in [0.2, 0.25) is 0 Å². The molecule has 0 spiro atoms. The van der Waals surface area contributed by atoms with E-state index in [1.54, 1.807) is 17.9 Å². The molecule has 0 aromatic heterocycles. The molecule has 0 bridgehead atoms. The molecule has 1 heterocycles. The van der Waals surface area contributed by atoms with Gasteiger partial charge in [-0.05, 0) is 63.0 Å². The fourth-order valence-electron chi connectivity index (χ4n) is 2.77. The van der Waals surface area contributed by atoms with Gasteiger partial charge in [0.15, 0.2) is 0 Å². The number of nitrogens with one attached hydrogen (secondary N) is 1. The first-order valence-corrected chi connectivity index (χ1v) is 7.88. The first-order chi connectivity index (χ1) is 10.5. The largest absolute Gasteiger partial charge is 0.334 e. The van der Waals surface area contributed by atoms with E-state index in [2.05, 4.69) is 17.3 Å². The van der Waals surface area contributed by atoms with Crippen LogP contribution in [0.3, 0.4) is 0 Å². The van der Waals surface area contributed by atoms with Crippen LogP contribution < -0.4 is 5.32 Å². The zero-order valence-electron chi connectivity index (χ0n) is 13.7. The summed E-state index contributed by atoms with van der Waals surface area (Å²) in [5.74, 6) is 0.343. The molecule has 2 amide bonds. The summed E-state index contributed by atoms with van der Waals surface area (Å²) in [6, 6.07) is 4.96. The van der Waals surface area contributed by atoms with E-state index in [1.807, 2.05) is 13.1 Å². The number of amides is 2. The summed E-state index contributed by atoms with van der Waals surface area (Å²) in [4.78, 5) is 16.2. The molecule has 0 unspecified atom stereocenters. The minimum Gasteiger partial charge on any atom is -0.334 e. The third-order valence-corrected chi connectivity index (χ3v) is 4.40. The highest BCUT2D eigenvalue weighted by Crippen LogP contribution is 2.16. The molecule has 0 aliphatic carbocycles. The van der Waals surface area contributed by atoms with E-state index < -0.39 is 0 Å². The molecule has 1 aliphatic heterocycles. The second-order valence-electron chi connectivity index (χ2n) is 6.37. The Balaban J connectivity index is 1.77. The summed E-state index contributed by atoms with van der Waals surface area (Å²) < 4.78 is 13.5. The SMILES string of the molecule is Cc1ccc(CNC(=O)N(C)CC2CCN(C)CC2)cc1F. The molecule has 1 aromatic rings. The number of hydrogen-bond donors (Lipinski definition) is 1. The standard InChI is InChI=1S/C17H26FN3O/c1-13-4-5-15(10-16(13)18)11-19-17(22)21(3)12-14-6-8-20(2)9-7-14/h4-5,10,14H,6-9,11-12H2,1-3H3,(H,19,22). The molecule has 1 saturated heterocycles. The molecule has 2 rings (SSSR count). The number of carbonyl (C=O) groups excluding carboxylic acids is 1. The Labute approximate surface area is 132 Å². The van der Waals surface area contributed by atoms with Crippen molar-refractivity contribution in [3.8, 4) is 0 Å². The highest BCUT2D eigenvalue weighted by atomic mass is 19.1. The van der Waals surface area contributed by atoms with Gasteiger partial charge in [-0.15, -0.1) is 0 Å². The van der Waals surface area contributed by atoms with Crippen molar-refractivity contribution in [2.75, 3.05) is 33.7 Å². The van der Waals surface area contributed by atoms with E-state index in [1.165, 1.54) is 6.07 Å². The van der Waals surface area contributed by atoms with E-state index in [0.29, 0.717) is 18.0 Å². The van der Waals surface area contributed by atoms with E-state index in [4.69, 9.17) is 0 Å². The number of likely N-dealkylation sites (tertiary alicyclic amines) is 1. The van der Waals surface area contributed by atoms with Gasteiger partial charge >= 0.3 is 6.03 Å². The number of urea groups is 1. The van der Waals surface area contributed by atoms with Gasteiger partial charge < -0.3 is 15.1 Å². The second-order valence-corrected chi connectivity index (χ2v) is 6.37. The van der Waals surface area contributed by atoms with Gasteiger partial charge in [-0.2, -0.15) is 0 Å². The Kier molecular flexibility index (Phi) is 5.77. The Bertz CT molecular complexity index is 513. The number of piperidine rings is 1. The zero-order valence-corrected chi connectivity index (χ0v) is 13.7. The van der Waals surface area contributed by atoms with Crippen LogP contribution >= 0.6 is 0 Å². The Morgan fingerprint density at radius 3 is 2.73 bits per heavy atom. The summed E-state index contributed by atoms with van der Waals surface area (Å²) >= 11 is 0. The molecule has 0 atom stereocenters. The van der Waals surface area contributed by atoms with Crippen LogP contribution in [0.15, 0.2) is 18.2 Å². The molecular formula is C17H26FN3O. The molecule has 1 N–H and O–H groups in total. The lowest BCUT2D eigenvalue weighted by atomic mass is 9.97. The topological polar surface area (TPSA) is 35.6 Å². The number of benzene rings is 1. The zero-order chi connectivity index (χ0) is 16.1. The lowest BCUT2D eigenvalue weighted by molar-refractivity contribution is 0.170. The van der Waals surface area contributed by atoms with Crippen molar-refractivity contribution in [2.45, 2.75) is 26.3 Å². The third-order valence-electron chi connectivity index (χ3n) is 4.40. The summed E-state index contributed by atoms with van der Waals surface area (Å²) in [5, 5.41) is 2.85. The number of hydrogen-bond acceptors (Lipinski definition) is 2. The van der Waals surface area contributed by atoms with E-state index in [0.717, 1.165) is 38.0 Å². The number of carbonyl (C=O) groups is 1. The van der Waals surface area contributed by atoms with Gasteiger partial charge in [0.1, 0.15) is 5.82 Å². The molecule has 0 saturated carbocycles. The maximum absolute atomic E-state index is 13.5. The van der Waals surface area contributed by atoms with Gasteiger partial charge in [-0.25, -0.2) is 9.18 Å². The monoisotopic (exact) mass is 307 g/mol.